The fourth-order valence-electron chi connectivity index (χ4n) is 2.91. The molecule has 0 amide bonds. The van der Waals surface area contributed by atoms with Gasteiger partial charge in [0.15, 0.2) is 5.58 Å². The summed E-state index contributed by atoms with van der Waals surface area (Å²) < 4.78 is 6.46. The monoisotopic (exact) mass is 518 g/mol. The predicted octanol–water partition coefficient (Wildman–Crippen LogP) is 6.48. The van der Waals surface area contributed by atoms with Gasteiger partial charge < -0.3 is 14.6 Å². The van der Waals surface area contributed by atoms with Crippen LogP contribution >= 0.6 is 34.2 Å². The molecule has 5 nitrogen and oxygen atoms in total. The predicted molar refractivity (Wildman–Crippen MR) is 124 cm³/mol. The van der Waals surface area contributed by atoms with Gasteiger partial charge in [0.2, 0.25) is 5.89 Å². The zero-order valence-corrected chi connectivity index (χ0v) is 18.3. The van der Waals surface area contributed by atoms with Gasteiger partial charge in [0.1, 0.15) is 17.0 Å². The summed E-state index contributed by atoms with van der Waals surface area (Å²) in [6.45, 7) is 2.08. The third-order valence-corrected chi connectivity index (χ3v) is 5.52. The van der Waals surface area contributed by atoms with E-state index < -0.39 is 0 Å². The van der Waals surface area contributed by atoms with Crippen molar-refractivity contribution in [1.29, 1.82) is 0 Å². The number of hydrogen-bond acceptors (Lipinski definition) is 5. The molecule has 4 rings (SSSR count). The molecular formula is C22H16ClIN2O3. The number of phenols is 2. The van der Waals surface area contributed by atoms with Crippen LogP contribution in [0.5, 0.6) is 11.5 Å². The van der Waals surface area contributed by atoms with Crippen LogP contribution in [0.25, 0.3) is 22.6 Å². The van der Waals surface area contributed by atoms with Crippen molar-refractivity contribution in [3.63, 3.8) is 0 Å². The van der Waals surface area contributed by atoms with Crippen LogP contribution in [0.15, 0.2) is 57.9 Å². The molecule has 0 fully saturated rings. The number of phenolic OH excluding ortho intramolecular Hbond substituents is 2. The molecule has 146 valence electrons. The van der Waals surface area contributed by atoms with Gasteiger partial charge in [0.25, 0.3) is 0 Å². The SMILES string of the molecule is CCc1ccc2oc(-c3cc(N=Cc4cc(Cl)cc(I)c4O)ccc3O)nc2c1. The first kappa shape index (κ1) is 19.7. The van der Waals surface area contributed by atoms with Gasteiger partial charge in [0.05, 0.1) is 14.8 Å². The summed E-state index contributed by atoms with van der Waals surface area (Å²) in [5.41, 5.74) is 4.08. The van der Waals surface area contributed by atoms with E-state index in [1.807, 2.05) is 40.8 Å². The number of halogens is 2. The Kier molecular flexibility index (Phi) is 5.47. The molecule has 0 aliphatic rings. The fourth-order valence-corrected chi connectivity index (χ4v) is 3.97. The van der Waals surface area contributed by atoms with E-state index in [1.54, 1.807) is 24.3 Å². The highest BCUT2D eigenvalue weighted by Crippen LogP contribution is 2.34. The average molecular weight is 519 g/mol. The summed E-state index contributed by atoms with van der Waals surface area (Å²) in [6.07, 6.45) is 2.43. The Morgan fingerprint density at radius 1 is 1.14 bits per heavy atom. The molecule has 0 aliphatic carbocycles. The maximum absolute atomic E-state index is 10.3. The standard InChI is InChI=1S/C22H16ClIN2O3/c1-2-12-3-6-20-18(7-12)26-22(29-20)16-10-15(4-5-19(16)27)25-11-13-8-14(23)9-17(24)21(13)28/h3-11,27-28H,2H2,1H3. The average Bonchev–Trinajstić information content (AvgIpc) is 3.13. The first-order valence-corrected chi connectivity index (χ1v) is 10.3. The van der Waals surface area contributed by atoms with Crippen molar-refractivity contribution in [3.05, 3.63) is 68.3 Å². The Hall–Kier alpha value is -2.58. The smallest absolute Gasteiger partial charge is 0.231 e. The Labute approximate surface area is 185 Å². The van der Waals surface area contributed by atoms with E-state index in [-0.39, 0.29) is 11.5 Å². The molecule has 1 aromatic heterocycles. The van der Waals surface area contributed by atoms with Crippen molar-refractivity contribution in [2.75, 3.05) is 0 Å². The molecule has 0 aliphatic heterocycles. The van der Waals surface area contributed by atoms with Crippen molar-refractivity contribution in [1.82, 2.24) is 4.98 Å². The lowest BCUT2D eigenvalue weighted by Crippen LogP contribution is -1.86. The summed E-state index contributed by atoms with van der Waals surface area (Å²) in [4.78, 5) is 8.91. The van der Waals surface area contributed by atoms with Crippen LogP contribution in [0.2, 0.25) is 5.02 Å². The molecule has 3 aromatic carbocycles. The van der Waals surface area contributed by atoms with Crippen molar-refractivity contribution >= 4 is 57.2 Å². The molecule has 29 heavy (non-hydrogen) atoms. The van der Waals surface area contributed by atoms with E-state index in [2.05, 4.69) is 16.9 Å². The number of oxazole rings is 1. The highest BCUT2D eigenvalue weighted by atomic mass is 127. The number of aromatic hydroxyl groups is 2. The molecule has 0 saturated heterocycles. The molecule has 0 spiro atoms. The van der Waals surface area contributed by atoms with Crippen molar-refractivity contribution in [2.45, 2.75) is 13.3 Å². The highest BCUT2D eigenvalue weighted by molar-refractivity contribution is 14.1. The summed E-state index contributed by atoms with van der Waals surface area (Å²) in [5, 5.41) is 21.0. The van der Waals surface area contributed by atoms with Gasteiger partial charge in [-0.1, -0.05) is 24.6 Å². The summed E-state index contributed by atoms with van der Waals surface area (Å²) >= 11 is 8.07. The molecule has 2 N–H and O–H groups in total. The number of aliphatic imine (C=N–C) groups is 1. The van der Waals surface area contributed by atoms with Crippen molar-refractivity contribution < 1.29 is 14.6 Å². The molecule has 1 heterocycles. The second-order valence-corrected chi connectivity index (χ2v) is 8.06. The van der Waals surface area contributed by atoms with Crippen LogP contribution in [-0.2, 0) is 6.42 Å². The number of aromatic nitrogens is 1. The zero-order chi connectivity index (χ0) is 20.5. The van der Waals surface area contributed by atoms with Crippen LogP contribution in [-0.4, -0.2) is 21.4 Å². The Morgan fingerprint density at radius 3 is 2.76 bits per heavy atom. The number of benzene rings is 3. The van der Waals surface area contributed by atoms with Gasteiger partial charge in [-0.3, -0.25) is 4.99 Å². The van der Waals surface area contributed by atoms with Crippen molar-refractivity contribution in [3.8, 4) is 23.0 Å². The van der Waals surface area contributed by atoms with E-state index in [0.717, 1.165) is 17.5 Å². The molecule has 0 unspecified atom stereocenters. The molecule has 0 bridgehead atoms. The van der Waals surface area contributed by atoms with Crippen LogP contribution in [0.3, 0.4) is 0 Å². The van der Waals surface area contributed by atoms with Gasteiger partial charge in [-0.15, -0.1) is 0 Å². The Bertz CT molecular complexity index is 1250. The van der Waals surface area contributed by atoms with Crippen LogP contribution in [0.4, 0.5) is 5.69 Å². The fraction of sp³-hybridized carbons (Fsp3) is 0.0909. The normalized spacial score (nSPS) is 11.6. The zero-order valence-electron chi connectivity index (χ0n) is 15.4. The Morgan fingerprint density at radius 2 is 1.97 bits per heavy atom. The van der Waals surface area contributed by atoms with E-state index in [4.69, 9.17) is 16.0 Å². The van der Waals surface area contributed by atoms with Crippen LogP contribution in [0, 0.1) is 3.57 Å². The molecule has 0 radical (unpaired) electrons. The first-order chi connectivity index (χ1) is 13.9. The minimum absolute atomic E-state index is 0.0476. The van der Waals surface area contributed by atoms with E-state index >= 15 is 0 Å². The molecule has 7 heteroatoms. The number of nitrogens with zero attached hydrogens (tertiary/aromatic N) is 2. The number of hydrogen-bond donors (Lipinski definition) is 2. The van der Waals surface area contributed by atoms with E-state index in [0.29, 0.717) is 36.9 Å². The Balaban J connectivity index is 1.71. The second-order valence-electron chi connectivity index (χ2n) is 6.46. The second kappa shape index (κ2) is 8.04. The summed E-state index contributed by atoms with van der Waals surface area (Å²) in [6, 6.07) is 14.1. The maximum Gasteiger partial charge on any atom is 0.231 e. The quantitative estimate of drug-likeness (QED) is 0.239. The van der Waals surface area contributed by atoms with Crippen LogP contribution < -0.4 is 0 Å². The van der Waals surface area contributed by atoms with Gasteiger partial charge in [-0.05, 0) is 77.0 Å². The third-order valence-electron chi connectivity index (χ3n) is 4.48. The van der Waals surface area contributed by atoms with Gasteiger partial charge in [-0.2, -0.15) is 0 Å². The highest BCUT2D eigenvalue weighted by Gasteiger charge is 2.13. The summed E-state index contributed by atoms with van der Waals surface area (Å²) in [7, 11) is 0. The minimum Gasteiger partial charge on any atom is -0.507 e. The third kappa shape index (κ3) is 4.09. The topological polar surface area (TPSA) is 78.9 Å². The maximum atomic E-state index is 10.3. The summed E-state index contributed by atoms with van der Waals surface area (Å²) in [5.74, 6) is 0.484. The first-order valence-electron chi connectivity index (χ1n) is 8.89. The van der Waals surface area contributed by atoms with Gasteiger partial charge in [0, 0.05) is 16.8 Å². The molecule has 0 atom stereocenters. The van der Waals surface area contributed by atoms with Gasteiger partial charge in [-0.25, -0.2) is 4.98 Å². The van der Waals surface area contributed by atoms with E-state index in [9.17, 15) is 10.2 Å². The molecule has 4 aromatic rings. The lowest BCUT2D eigenvalue weighted by molar-refractivity contribution is 0.470. The van der Waals surface area contributed by atoms with Gasteiger partial charge >= 0.3 is 0 Å². The van der Waals surface area contributed by atoms with E-state index in [1.165, 1.54) is 12.3 Å². The lowest BCUT2D eigenvalue weighted by atomic mass is 10.1. The molecule has 0 saturated carbocycles. The lowest BCUT2D eigenvalue weighted by Gasteiger charge is -2.04. The number of aryl methyl sites for hydroxylation is 1. The largest absolute Gasteiger partial charge is 0.507 e. The number of rotatable bonds is 4. The van der Waals surface area contributed by atoms with Crippen molar-refractivity contribution in [2.24, 2.45) is 4.99 Å². The van der Waals surface area contributed by atoms with Crippen LogP contribution in [0.1, 0.15) is 18.1 Å². The molecular weight excluding hydrogens is 503 g/mol. The number of fused-ring (bicyclic) bond motifs is 1. The minimum atomic E-state index is 0.0476.